The lowest BCUT2D eigenvalue weighted by atomic mass is 9.75. The van der Waals surface area contributed by atoms with Crippen LogP contribution in [-0.4, -0.2) is 16.7 Å². The van der Waals surface area contributed by atoms with Gasteiger partial charge in [0, 0.05) is 11.3 Å². The average molecular weight is 227 g/mol. The van der Waals surface area contributed by atoms with Gasteiger partial charge in [0.2, 0.25) is 6.04 Å². The third-order valence-electron chi connectivity index (χ3n) is 3.74. The lowest BCUT2D eigenvalue weighted by molar-refractivity contribution is -0.531. The van der Waals surface area contributed by atoms with E-state index in [0.29, 0.717) is 12.8 Å². The number of nitro groups is 1. The van der Waals surface area contributed by atoms with Crippen molar-refractivity contribution in [1.29, 1.82) is 0 Å². The minimum absolute atomic E-state index is 0.0265. The fourth-order valence-corrected chi connectivity index (χ4v) is 2.58. The Labute approximate surface area is 96.6 Å². The summed E-state index contributed by atoms with van der Waals surface area (Å²) in [7, 11) is 0. The van der Waals surface area contributed by atoms with Crippen molar-refractivity contribution < 1.29 is 9.72 Å². The van der Waals surface area contributed by atoms with Gasteiger partial charge in [-0.1, -0.05) is 20.3 Å². The maximum atomic E-state index is 11.4. The largest absolute Gasteiger partial charge is 0.299 e. The van der Waals surface area contributed by atoms with E-state index in [4.69, 9.17) is 0 Å². The van der Waals surface area contributed by atoms with Crippen molar-refractivity contribution in [2.24, 2.45) is 11.3 Å². The summed E-state index contributed by atoms with van der Waals surface area (Å²) >= 11 is 0. The van der Waals surface area contributed by atoms with Crippen LogP contribution in [0.5, 0.6) is 0 Å². The van der Waals surface area contributed by atoms with Crippen molar-refractivity contribution in [2.45, 2.75) is 58.9 Å². The van der Waals surface area contributed by atoms with Gasteiger partial charge in [-0.15, -0.1) is 0 Å². The van der Waals surface area contributed by atoms with Gasteiger partial charge >= 0.3 is 0 Å². The van der Waals surface area contributed by atoms with Crippen molar-refractivity contribution >= 4 is 5.78 Å². The second-order valence-corrected chi connectivity index (χ2v) is 5.66. The molecule has 0 aliphatic heterocycles. The topological polar surface area (TPSA) is 60.2 Å². The first kappa shape index (κ1) is 13.1. The van der Waals surface area contributed by atoms with Crippen LogP contribution in [0.1, 0.15) is 52.9 Å². The number of ketones is 1. The third-order valence-corrected chi connectivity index (χ3v) is 3.74. The van der Waals surface area contributed by atoms with Gasteiger partial charge in [-0.25, -0.2) is 0 Å². The Kier molecular flexibility index (Phi) is 4.05. The molecular formula is C12H21NO3. The fraction of sp³-hybridized carbons (Fsp3) is 0.917. The first-order chi connectivity index (χ1) is 7.33. The summed E-state index contributed by atoms with van der Waals surface area (Å²) in [5.41, 5.74) is 0.177. The second-order valence-electron chi connectivity index (χ2n) is 5.66. The molecular weight excluding hydrogens is 206 g/mol. The minimum atomic E-state index is -0.669. The molecule has 0 amide bonds. The van der Waals surface area contributed by atoms with Crippen LogP contribution in [0, 0.1) is 21.4 Å². The summed E-state index contributed by atoms with van der Waals surface area (Å²) in [6, 6.07) is -0.669. The lowest BCUT2D eigenvalue weighted by Crippen LogP contribution is -2.36. The molecule has 0 N–H and O–H groups in total. The van der Waals surface area contributed by atoms with E-state index in [-0.39, 0.29) is 22.0 Å². The Bertz CT molecular complexity index is 286. The molecule has 0 radical (unpaired) electrons. The predicted octanol–water partition coefficient (Wildman–Crippen LogP) is 2.83. The molecule has 16 heavy (non-hydrogen) atoms. The molecule has 0 heterocycles. The molecule has 1 fully saturated rings. The van der Waals surface area contributed by atoms with Crippen molar-refractivity contribution in [3.63, 3.8) is 0 Å². The first-order valence-electron chi connectivity index (χ1n) is 5.97. The molecule has 0 aromatic rings. The molecule has 1 saturated carbocycles. The molecule has 0 aromatic heterocycles. The molecule has 0 spiro atoms. The number of hydrogen-bond donors (Lipinski definition) is 0. The monoisotopic (exact) mass is 227 g/mol. The molecule has 1 aliphatic rings. The minimum Gasteiger partial charge on any atom is -0.299 e. The quantitative estimate of drug-likeness (QED) is 0.538. The van der Waals surface area contributed by atoms with Crippen molar-refractivity contribution in [1.82, 2.24) is 0 Å². The van der Waals surface area contributed by atoms with Gasteiger partial charge in [0.15, 0.2) is 0 Å². The van der Waals surface area contributed by atoms with Crippen molar-refractivity contribution in [3.05, 3.63) is 10.1 Å². The number of hydrogen-bond acceptors (Lipinski definition) is 3. The average Bonchev–Trinajstić information content (AvgIpc) is 2.11. The molecule has 0 bridgehead atoms. The summed E-state index contributed by atoms with van der Waals surface area (Å²) in [5, 5.41) is 11.0. The molecule has 0 saturated heterocycles. The summed E-state index contributed by atoms with van der Waals surface area (Å²) < 4.78 is 0. The van der Waals surface area contributed by atoms with Gasteiger partial charge in [0.25, 0.3) is 0 Å². The van der Waals surface area contributed by atoms with Crippen LogP contribution in [0.4, 0.5) is 0 Å². The standard InChI is InChI=1S/C12H21NO3/c1-9(14)10-5-4-7-12(2,3)8-6-11(10)13(15)16/h10-11H,4-8H2,1-3H3. The van der Waals surface area contributed by atoms with E-state index in [2.05, 4.69) is 13.8 Å². The van der Waals surface area contributed by atoms with Gasteiger partial charge in [-0.2, -0.15) is 0 Å². The van der Waals surface area contributed by atoms with E-state index in [0.717, 1.165) is 19.3 Å². The Balaban J connectivity index is 2.80. The van der Waals surface area contributed by atoms with Crippen molar-refractivity contribution in [2.75, 3.05) is 0 Å². The molecule has 4 heteroatoms. The maximum Gasteiger partial charge on any atom is 0.222 e. The predicted molar refractivity (Wildman–Crippen MR) is 61.8 cm³/mol. The van der Waals surface area contributed by atoms with Crippen LogP contribution in [0.2, 0.25) is 0 Å². The third kappa shape index (κ3) is 3.29. The second kappa shape index (κ2) is 4.93. The summed E-state index contributed by atoms with van der Waals surface area (Å²) in [4.78, 5) is 22.2. The van der Waals surface area contributed by atoms with Crippen LogP contribution in [-0.2, 0) is 4.79 Å². The molecule has 2 atom stereocenters. The zero-order valence-corrected chi connectivity index (χ0v) is 10.4. The van der Waals surface area contributed by atoms with E-state index in [1.807, 2.05) is 0 Å². The number of nitrogens with zero attached hydrogens (tertiary/aromatic N) is 1. The SMILES string of the molecule is CC(=O)C1CCCC(C)(C)CCC1[N+](=O)[O-]. The molecule has 1 rings (SSSR count). The van der Waals surface area contributed by atoms with E-state index < -0.39 is 6.04 Å². The Morgan fingerprint density at radius 3 is 2.44 bits per heavy atom. The normalized spacial score (nSPS) is 30.2. The molecule has 4 nitrogen and oxygen atoms in total. The van der Waals surface area contributed by atoms with Gasteiger partial charge in [0.1, 0.15) is 5.78 Å². The van der Waals surface area contributed by atoms with Crippen LogP contribution >= 0.6 is 0 Å². The van der Waals surface area contributed by atoms with Crippen LogP contribution < -0.4 is 0 Å². The number of rotatable bonds is 2. The van der Waals surface area contributed by atoms with Crippen molar-refractivity contribution in [3.8, 4) is 0 Å². The lowest BCUT2D eigenvalue weighted by Gasteiger charge is -2.30. The molecule has 1 aliphatic carbocycles. The van der Waals surface area contributed by atoms with E-state index in [1.54, 1.807) is 0 Å². The fourth-order valence-electron chi connectivity index (χ4n) is 2.58. The van der Waals surface area contributed by atoms with Gasteiger partial charge in [0.05, 0.1) is 5.92 Å². The summed E-state index contributed by atoms with van der Waals surface area (Å²) in [6.07, 6.45) is 4.01. The highest BCUT2D eigenvalue weighted by Crippen LogP contribution is 2.35. The Hall–Kier alpha value is -0.930. The van der Waals surface area contributed by atoms with Crippen LogP contribution in [0.15, 0.2) is 0 Å². The Morgan fingerprint density at radius 2 is 1.94 bits per heavy atom. The Morgan fingerprint density at radius 1 is 1.31 bits per heavy atom. The van der Waals surface area contributed by atoms with Gasteiger partial charge < -0.3 is 0 Å². The highest BCUT2D eigenvalue weighted by atomic mass is 16.6. The van der Waals surface area contributed by atoms with Crippen LogP contribution in [0.25, 0.3) is 0 Å². The number of carbonyl (C=O) groups excluding carboxylic acids is 1. The van der Waals surface area contributed by atoms with E-state index in [9.17, 15) is 14.9 Å². The highest BCUT2D eigenvalue weighted by Gasteiger charge is 2.37. The molecule has 2 unspecified atom stereocenters. The molecule has 0 aromatic carbocycles. The summed E-state index contributed by atoms with van der Waals surface area (Å²) in [6.45, 7) is 5.78. The highest BCUT2D eigenvalue weighted by molar-refractivity contribution is 5.78. The van der Waals surface area contributed by atoms with Gasteiger partial charge in [-0.3, -0.25) is 14.9 Å². The number of carbonyl (C=O) groups is 1. The first-order valence-corrected chi connectivity index (χ1v) is 5.97. The van der Waals surface area contributed by atoms with Gasteiger partial charge in [-0.05, 0) is 31.6 Å². The zero-order chi connectivity index (χ0) is 12.3. The van der Waals surface area contributed by atoms with E-state index >= 15 is 0 Å². The maximum absolute atomic E-state index is 11.4. The van der Waals surface area contributed by atoms with Crippen LogP contribution in [0.3, 0.4) is 0 Å². The zero-order valence-electron chi connectivity index (χ0n) is 10.4. The summed E-state index contributed by atoms with van der Waals surface area (Å²) in [5.74, 6) is -0.396. The molecule has 92 valence electrons. The smallest absolute Gasteiger partial charge is 0.222 e. The van der Waals surface area contributed by atoms with E-state index in [1.165, 1.54) is 6.92 Å². The number of Topliss-reactive ketones (excluding diaryl/α,β-unsaturated/α-hetero) is 1.